The third-order valence-electron chi connectivity index (χ3n) is 6.37. The van der Waals surface area contributed by atoms with Crippen LogP contribution in [-0.2, 0) is 13.2 Å². The number of nitrogens with zero attached hydrogens (tertiary/aromatic N) is 1. The Labute approximate surface area is 194 Å². The topological polar surface area (TPSA) is 40.5 Å². The molecule has 3 aromatic carbocycles. The van der Waals surface area contributed by atoms with E-state index in [4.69, 9.17) is 9.47 Å². The summed E-state index contributed by atoms with van der Waals surface area (Å²) in [4.78, 5) is 13.1. The van der Waals surface area contributed by atoms with E-state index >= 15 is 0 Å². The van der Waals surface area contributed by atoms with Gasteiger partial charge in [-0.2, -0.15) is 0 Å². The molecule has 0 saturated carbocycles. The summed E-state index contributed by atoms with van der Waals surface area (Å²) in [6.45, 7) is 9.55. The minimum Gasteiger partial charge on any atom is -0.488 e. The number of allylic oxidation sites excluding steroid dienone is 1. The molecule has 0 N–H and O–H groups in total. The number of rotatable bonds is 5. The smallest absolute Gasteiger partial charge is 0.231 e. The van der Waals surface area contributed by atoms with Crippen molar-refractivity contribution >= 4 is 22.8 Å². The molecule has 5 rings (SSSR count). The zero-order valence-corrected chi connectivity index (χ0v) is 19.4. The maximum Gasteiger partial charge on any atom is 0.231 e. The van der Waals surface area contributed by atoms with Crippen molar-refractivity contribution in [2.75, 3.05) is 0 Å². The van der Waals surface area contributed by atoms with E-state index in [1.807, 2.05) is 31.2 Å². The van der Waals surface area contributed by atoms with Gasteiger partial charge in [0, 0.05) is 34.8 Å². The van der Waals surface area contributed by atoms with Crippen molar-refractivity contribution in [3.05, 3.63) is 99.9 Å². The van der Waals surface area contributed by atoms with Gasteiger partial charge in [0.2, 0.25) is 5.78 Å². The van der Waals surface area contributed by atoms with Crippen molar-refractivity contribution in [2.24, 2.45) is 0 Å². The van der Waals surface area contributed by atoms with Crippen molar-refractivity contribution in [1.82, 2.24) is 4.57 Å². The molecule has 0 saturated heterocycles. The van der Waals surface area contributed by atoms with E-state index in [0.29, 0.717) is 23.7 Å². The average molecular weight is 438 g/mol. The van der Waals surface area contributed by atoms with Crippen LogP contribution in [0.2, 0.25) is 0 Å². The molecule has 0 fully saturated rings. The van der Waals surface area contributed by atoms with Gasteiger partial charge in [0.1, 0.15) is 18.1 Å². The second-order valence-electron chi connectivity index (χ2n) is 8.61. The lowest BCUT2D eigenvalue weighted by atomic mass is 10.0. The highest BCUT2D eigenvalue weighted by Gasteiger charge is 2.30. The van der Waals surface area contributed by atoms with Crippen molar-refractivity contribution in [1.29, 1.82) is 0 Å². The minimum atomic E-state index is -0.0949. The van der Waals surface area contributed by atoms with Gasteiger partial charge < -0.3 is 14.0 Å². The maximum absolute atomic E-state index is 13.1. The molecule has 1 aromatic heterocycles. The highest BCUT2D eigenvalue weighted by molar-refractivity contribution is 6.15. The molecule has 0 radical (unpaired) electrons. The fourth-order valence-corrected chi connectivity index (χ4v) is 4.43. The Kier molecular flexibility index (Phi) is 5.29. The first kappa shape index (κ1) is 21.1. The summed E-state index contributed by atoms with van der Waals surface area (Å²) >= 11 is 0. The number of carbonyl (C=O) groups excluding carboxylic acids is 1. The first-order valence-electron chi connectivity index (χ1n) is 11.3. The van der Waals surface area contributed by atoms with Crippen LogP contribution < -0.4 is 9.47 Å². The van der Waals surface area contributed by atoms with Gasteiger partial charge in [0.05, 0.1) is 5.56 Å². The van der Waals surface area contributed by atoms with E-state index in [1.54, 1.807) is 6.07 Å². The summed E-state index contributed by atoms with van der Waals surface area (Å²) in [7, 11) is 0. The van der Waals surface area contributed by atoms with Gasteiger partial charge in [0.15, 0.2) is 5.76 Å². The van der Waals surface area contributed by atoms with Crippen LogP contribution in [0.25, 0.3) is 17.0 Å². The van der Waals surface area contributed by atoms with Gasteiger partial charge in [-0.1, -0.05) is 42.0 Å². The number of hydrogen-bond donors (Lipinski definition) is 0. The van der Waals surface area contributed by atoms with Crippen LogP contribution in [0.5, 0.6) is 11.5 Å². The SMILES string of the molecule is CCn1cc(/C=C2\Oc3c(ccc(OCc4cc(C)ccc4C)c3C)C2=O)c2ccccc21. The highest BCUT2D eigenvalue weighted by Crippen LogP contribution is 2.40. The fraction of sp³-hybridized carbons (Fsp3) is 0.207. The quantitative estimate of drug-likeness (QED) is 0.323. The zero-order chi connectivity index (χ0) is 23.1. The number of benzene rings is 3. The predicted octanol–water partition coefficient (Wildman–Crippen LogP) is 6.78. The number of ether oxygens (including phenoxy) is 2. The Balaban J connectivity index is 1.44. The third-order valence-corrected chi connectivity index (χ3v) is 6.37. The van der Waals surface area contributed by atoms with Crippen molar-refractivity contribution in [3.63, 3.8) is 0 Å². The van der Waals surface area contributed by atoms with Gasteiger partial charge in [-0.25, -0.2) is 0 Å². The monoisotopic (exact) mass is 437 g/mol. The van der Waals surface area contributed by atoms with Crippen LogP contribution in [0.1, 0.15) is 45.1 Å². The standard InChI is InChI=1S/C29H27NO3/c1-5-30-16-21(23-8-6-7-9-25(23)30)15-27-28(31)24-12-13-26(20(4)29(24)33-27)32-17-22-14-18(2)10-11-19(22)3/h6-16H,5,17H2,1-4H3/b27-15-. The molecule has 0 atom stereocenters. The summed E-state index contributed by atoms with van der Waals surface area (Å²) < 4.78 is 14.4. The maximum atomic E-state index is 13.1. The summed E-state index contributed by atoms with van der Waals surface area (Å²) in [5.74, 6) is 1.57. The lowest BCUT2D eigenvalue weighted by Crippen LogP contribution is -2.00. The van der Waals surface area contributed by atoms with Crippen LogP contribution in [0.15, 0.2) is 66.6 Å². The van der Waals surface area contributed by atoms with E-state index in [0.717, 1.165) is 39.9 Å². The molecule has 0 bridgehead atoms. The largest absolute Gasteiger partial charge is 0.488 e. The number of fused-ring (bicyclic) bond motifs is 2. The van der Waals surface area contributed by atoms with E-state index in [2.05, 4.69) is 61.9 Å². The number of Topliss-reactive ketones (excluding diaryl/α,β-unsaturated/α-hetero) is 1. The molecule has 2 heterocycles. The highest BCUT2D eigenvalue weighted by atomic mass is 16.5. The normalized spacial score (nSPS) is 14.1. The van der Waals surface area contributed by atoms with Crippen LogP contribution in [-0.4, -0.2) is 10.4 Å². The number of para-hydroxylation sites is 1. The first-order valence-corrected chi connectivity index (χ1v) is 11.3. The summed E-state index contributed by atoms with van der Waals surface area (Å²) in [6.07, 6.45) is 3.93. The van der Waals surface area contributed by atoms with Gasteiger partial charge in [0.25, 0.3) is 0 Å². The second-order valence-corrected chi connectivity index (χ2v) is 8.61. The Morgan fingerprint density at radius 3 is 2.67 bits per heavy atom. The van der Waals surface area contributed by atoms with E-state index in [1.165, 1.54) is 11.1 Å². The molecule has 0 amide bonds. The average Bonchev–Trinajstić information content (AvgIpc) is 3.34. The van der Waals surface area contributed by atoms with Gasteiger partial charge >= 0.3 is 0 Å². The van der Waals surface area contributed by atoms with Crippen LogP contribution in [0, 0.1) is 20.8 Å². The molecule has 1 aliphatic rings. The molecule has 166 valence electrons. The van der Waals surface area contributed by atoms with Crippen LogP contribution >= 0.6 is 0 Å². The number of aromatic nitrogens is 1. The summed E-state index contributed by atoms with van der Waals surface area (Å²) in [6, 6.07) is 18.2. The Morgan fingerprint density at radius 1 is 1.03 bits per heavy atom. The molecule has 1 aliphatic heterocycles. The molecule has 4 nitrogen and oxygen atoms in total. The van der Waals surface area contributed by atoms with E-state index in [-0.39, 0.29) is 5.78 Å². The molecule has 4 heteroatoms. The van der Waals surface area contributed by atoms with E-state index in [9.17, 15) is 4.79 Å². The predicted molar refractivity (Wildman–Crippen MR) is 132 cm³/mol. The number of carbonyl (C=O) groups is 1. The molecule has 4 aromatic rings. The van der Waals surface area contributed by atoms with Crippen molar-refractivity contribution < 1.29 is 14.3 Å². The molecule has 0 unspecified atom stereocenters. The molecule has 33 heavy (non-hydrogen) atoms. The Hall–Kier alpha value is -3.79. The molecule has 0 spiro atoms. The van der Waals surface area contributed by atoms with Crippen molar-refractivity contribution in [3.8, 4) is 11.5 Å². The zero-order valence-electron chi connectivity index (χ0n) is 19.4. The number of aryl methyl sites for hydroxylation is 3. The third kappa shape index (κ3) is 3.72. The lowest BCUT2D eigenvalue weighted by Gasteiger charge is -2.13. The Bertz CT molecular complexity index is 1420. The number of ketones is 1. The van der Waals surface area contributed by atoms with Gasteiger partial charge in [-0.05, 0) is 63.1 Å². The minimum absolute atomic E-state index is 0.0949. The lowest BCUT2D eigenvalue weighted by molar-refractivity contribution is 0.101. The number of hydrogen-bond acceptors (Lipinski definition) is 3. The molecular weight excluding hydrogens is 410 g/mol. The summed E-state index contributed by atoms with van der Waals surface area (Å²) in [5.41, 5.74) is 7.10. The van der Waals surface area contributed by atoms with Gasteiger partial charge in [-0.3, -0.25) is 4.79 Å². The summed E-state index contributed by atoms with van der Waals surface area (Å²) in [5, 5.41) is 1.11. The Morgan fingerprint density at radius 2 is 1.85 bits per heavy atom. The molecular formula is C29H27NO3. The molecule has 0 aliphatic carbocycles. The van der Waals surface area contributed by atoms with Crippen molar-refractivity contribution in [2.45, 2.75) is 40.8 Å². The van der Waals surface area contributed by atoms with E-state index < -0.39 is 0 Å². The van der Waals surface area contributed by atoms with Gasteiger partial charge in [-0.15, -0.1) is 0 Å². The van der Waals surface area contributed by atoms with Crippen LogP contribution in [0.3, 0.4) is 0 Å². The first-order chi connectivity index (χ1) is 16.0. The second kappa shape index (κ2) is 8.28. The van der Waals surface area contributed by atoms with Crippen LogP contribution in [0.4, 0.5) is 0 Å². The fourth-order valence-electron chi connectivity index (χ4n) is 4.43.